The summed E-state index contributed by atoms with van der Waals surface area (Å²) < 4.78 is 0. The van der Waals surface area contributed by atoms with Crippen LogP contribution in [0.25, 0.3) is 10.8 Å². The Hall–Kier alpha value is -2.35. The lowest BCUT2D eigenvalue weighted by Crippen LogP contribution is -2.28. The largest absolute Gasteiger partial charge is 0.481 e. The lowest BCUT2D eigenvalue weighted by Gasteiger charge is -2.08. The number of hydrogen-bond donors (Lipinski definition) is 2. The van der Waals surface area contributed by atoms with Gasteiger partial charge in [0, 0.05) is 25.4 Å². The second kappa shape index (κ2) is 6.89. The van der Waals surface area contributed by atoms with E-state index in [2.05, 4.69) is 20.3 Å². The number of carbonyl (C=O) groups excluding carboxylic acids is 1. The van der Waals surface area contributed by atoms with Gasteiger partial charge in [0.05, 0.1) is 6.20 Å². The number of hydrogen-bond acceptors (Lipinski definition) is 6. The van der Waals surface area contributed by atoms with Crippen molar-refractivity contribution in [1.82, 2.24) is 20.3 Å². The third-order valence-electron chi connectivity index (χ3n) is 2.62. The Bertz CT molecular complexity index is 629. The SMILES string of the molecule is CC(CNC(=O)c1cnc(-c2ncccn2)s1)CC(=O)O. The number of aromatic nitrogens is 3. The Morgan fingerprint density at radius 3 is 2.71 bits per heavy atom. The molecular formula is C13H14N4O3S. The standard InChI is InChI=1S/C13H14N4O3S/c1-8(5-10(18)19)6-16-12(20)9-7-17-13(21-9)11-14-3-2-4-15-11/h2-4,7-8H,5-6H2,1H3,(H,16,20)(H,18,19). The molecule has 0 bridgehead atoms. The summed E-state index contributed by atoms with van der Waals surface area (Å²) in [5.74, 6) is -0.804. The zero-order valence-corrected chi connectivity index (χ0v) is 12.1. The average molecular weight is 306 g/mol. The van der Waals surface area contributed by atoms with Gasteiger partial charge < -0.3 is 10.4 Å². The molecule has 0 saturated carbocycles. The molecule has 2 heterocycles. The van der Waals surface area contributed by atoms with Crippen LogP contribution in [-0.4, -0.2) is 38.5 Å². The summed E-state index contributed by atoms with van der Waals surface area (Å²) in [5.41, 5.74) is 0. The Kier molecular flexibility index (Phi) is 4.94. The van der Waals surface area contributed by atoms with E-state index >= 15 is 0 Å². The number of carboxylic acid groups (broad SMARTS) is 1. The highest BCUT2D eigenvalue weighted by atomic mass is 32.1. The van der Waals surface area contributed by atoms with Gasteiger partial charge in [-0.15, -0.1) is 11.3 Å². The van der Waals surface area contributed by atoms with E-state index in [4.69, 9.17) is 5.11 Å². The van der Waals surface area contributed by atoms with Crippen molar-refractivity contribution in [3.8, 4) is 10.8 Å². The quantitative estimate of drug-likeness (QED) is 0.836. The molecule has 21 heavy (non-hydrogen) atoms. The van der Waals surface area contributed by atoms with Gasteiger partial charge in [-0.2, -0.15) is 0 Å². The predicted molar refractivity (Wildman–Crippen MR) is 76.9 cm³/mol. The Morgan fingerprint density at radius 1 is 1.33 bits per heavy atom. The summed E-state index contributed by atoms with van der Waals surface area (Å²) in [5, 5.41) is 11.9. The lowest BCUT2D eigenvalue weighted by atomic mass is 10.1. The molecule has 0 radical (unpaired) electrons. The minimum Gasteiger partial charge on any atom is -0.481 e. The predicted octanol–water partition coefficient (Wildman–Crippen LogP) is 1.44. The minimum absolute atomic E-state index is 0.0199. The summed E-state index contributed by atoms with van der Waals surface area (Å²) in [7, 11) is 0. The molecule has 2 aromatic rings. The van der Waals surface area contributed by atoms with E-state index in [1.54, 1.807) is 25.4 Å². The summed E-state index contributed by atoms with van der Waals surface area (Å²) in [6.07, 6.45) is 4.70. The van der Waals surface area contributed by atoms with Crippen LogP contribution in [0.3, 0.4) is 0 Å². The van der Waals surface area contributed by atoms with E-state index in [9.17, 15) is 9.59 Å². The van der Waals surface area contributed by atoms with Crippen LogP contribution in [0, 0.1) is 5.92 Å². The number of thiazole rings is 1. The molecule has 0 fully saturated rings. The van der Waals surface area contributed by atoms with Gasteiger partial charge in [0.25, 0.3) is 5.91 Å². The third kappa shape index (κ3) is 4.32. The maximum atomic E-state index is 12.0. The van der Waals surface area contributed by atoms with Gasteiger partial charge in [0.1, 0.15) is 4.88 Å². The van der Waals surface area contributed by atoms with E-state index in [1.807, 2.05) is 0 Å². The minimum atomic E-state index is -0.877. The summed E-state index contributed by atoms with van der Waals surface area (Å²) in [6.45, 7) is 2.07. The van der Waals surface area contributed by atoms with Crippen LogP contribution in [0.5, 0.6) is 0 Å². The molecule has 0 aliphatic carbocycles. The van der Waals surface area contributed by atoms with Gasteiger partial charge in [0.15, 0.2) is 10.8 Å². The molecule has 8 heteroatoms. The number of carboxylic acids is 1. The molecule has 1 atom stereocenters. The first-order chi connectivity index (χ1) is 10.1. The van der Waals surface area contributed by atoms with Crippen LogP contribution < -0.4 is 5.32 Å². The zero-order chi connectivity index (χ0) is 15.2. The molecule has 0 spiro atoms. The maximum Gasteiger partial charge on any atom is 0.303 e. The molecule has 0 aliphatic heterocycles. The van der Waals surface area contributed by atoms with Crippen molar-refractivity contribution >= 4 is 23.2 Å². The highest BCUT2D eigenvalue weighted by molar-refractivity contribution is 7.16. The van der Waals surface area contributed by atoms with E-state index in [0.29, 0.717) is 22.3 Å². The summed E-state index contributed by atoms with van der Waals surface area (Å²) in [4.78, 5) is 35.2. The zero-order valence-electron chi connectivity index (χ0n) is 11.3. The highest BCUT2D eigenvalue weighted by Gasteiger charge is 2.14. The topological polar surface area (TPSA) is 105 Å². The molecule has 0 aliphatic rings. The van der Waals surface area contributed by atoms with Crippen molar-refractivity contribution in [1.29, 1.82) is 0 Å². The van der Waals surface area contributed by atoms with Crippen LogP contribution >= 0.6 is 11.3 Å². The van der Waals surface area contributed by atoms with Crippen LogP contribution in [0.2, 0.25) is 0 Å². The molecular weight excluding hydrogens is 292 g/mol. The Morgan fingerprint density at radius 2 is 2.05 bits per heavy atom. The van der Waals surface area contributed by atoms with Gasteiger partial charge in [-0.3, -0.25) is 9.59 Å². The molecule has 1 amide bonds. The molecule has 0 aromatic carbocycles. The highest BCUT2D eigenvalue weighted by Crippen LogP contribution is 2.21. The Labute approximate surface area is 125 Å². The van der Waals surface area contributed by atoms with Crippen LogP contribution in [0.1, 0.15) is 23.0 Å². The van der Waals surface area contributed by atoms with Gasteiger partial charge in [0.2, 0.25) is 0 Å². The van der Waals surface area contributed by atoms with Gasteiger partial charge in [-0.25, -0.2) is 15.0 Å². The van der Waals surface area contributed by atoms with Crippen LogP contribution in [0.15, 0.2) is 24.7 Å². The van der Waals surface area contributed by atoms with E-state index in [1.165, 1.54) is 17.5 Å². The normalized spacial score (nSPS) is 11.9. The number of nitrogens with one attached hydrogen (secondary N) is 1. The number of carbonyl (C=O) groups is 2. The van der Waals surface area contributed by atoms with Crippen LogP contribution in [-0.2, 0) is 4.79 Å². The number of aliphatic carboxylic acids is 1. The fraction of sp³-hybridized carbons (Fsp3) is 0.308. The third-order valence-corrected chi connectivity index (χ3v) is 3.61. The van der Waals surface area contributed by atoms with Gasteiger partial charge in [-0.05, 0) is 12.0 Å². The summed E-state index contributed by atoms with van der Waals surface area (Å²) in [6, 6.07) is 1.70. The lowest BCUT2D eigenvalue weighted by molar-refractivity contribution is -0.137. The van der Waals surface area contributed by atoms with E-state index in [0.717, 1.165) is 0 Å². The number of rotatable bonds is 6. The van der Waals surface area contributed by atoms with Crippen molar-refractivity contribution in [2.75, 3.05) is 6.54 Å². The molecule has 7 nitrogen and oxygen atoms in total. The molecule has 110 valence electrons. The molecule has 1 unspecified atom stereocenters. The maximum absolute atomic E-state index is 12.0. The molecule has 2 aromatic heterocycles. The second-order valence-electron chi connectivity index (χ2n) is 4.52. The number of amides is 1. The average Bonchev–Trinajstić information content (AvgIpc) is 2.95. The summed E-state index contributed by atoms with van der Waals surface area (Å²) >= 11 is 1.20. The molecule has 2 N–H and O–H groups in total. The second-order valence-corrected chi connectivity index (χ2v) is 5.55. The molecule has 0 saturated heterocycles. The monoisotopic (exact) mass is 306 g/mol. The first-order valence-electron chi connectivity index (χ1n) is 6.29. The van der Waals surface area contributed by atoms with Gasteiger partial charge >= 0.3 is 5.97 Å². The number of nitrogens with zero attached hydrogens (tertiary/aromatic N) is 3. The first kappa shape index (κ1) is 15.0. The van der Waals surface area contributed by atoms with Crippen molar-refractivity contribution in [3.05, 3.63) is 29.5 Å². The van der Waals surface area contributed by atoms with Crippen molar-refractivity contribution in [2.45, 2.75) is 13.3 Å². The van der Waals surface area contributed by atoms with E-state index < -0.39 is 5.97 Å². The van der Waals surface area contributed by atoms with Crippen molar-refractivity contribution in [2.24, 2.45) is 5.92 Å². The van der Waals surface area contributed by atoms with E-state index in [-0.39, 0.29) is 18.2 Å². The first-order valence-corrected chi connectivity index (χ1v) is 7.11. The fourth-order valence-corrected chi connectivity index (χ4v) is 2.40. The Balaban J connectivity index is 1.95. The fourth-order valence-electron chi connectivity index (χ4n) is 1.62. The molecule has 2 rings (SSSR count). The smallest absolute Gasteiger partial charge is 0.303 e. The van der Waals surface area contributed by atoms with Gasteiger partial charge in [-0.1, -0.05) is 6.92 Å². The van der Waals surface area contributed by atoms with Crippen molar-refractivity contribution in [3.63, 3.8) is 0 Å². The van der Waals surface area contributed by atoms with Crippen molar-refractivity contribution < 1.29 is 14.7 Å². The van der Waals surface area contributed by atoms with Crippen LogP contribution in [0.4, 0.5) is 0 Å².